The van der Waals surface area contributed by atoms with E-state index in [1.807, 2.05) is 18.2 Å². The molecule has 0 saturated carbocycles. The molecule has 0 aromatic heterocycles. The van der Waals surface area contributed by atoms with E-state index in [-0.39, 0.29) is 0 Å². The first-order valence-electron chi connectivity index (χ1n) is 3.14. The van der Waals surface area contributed by atoms with Crippen molar-refractivity contribution in [2.24, 2.45) is 0 Å². The summed E-state index contributed by atoms with van der Waals surface area (Å²) >= 11 is 5.34. The summed E-state index contributed by atoms with van der Waals surface area (Å²) in [6.07, 6.45) is 0. The first-order chi connectivity index (χ1) is 5.29. The Bertz CT molecular complexity index is 203. The van der Waals surface area contributed by atoms with Crippen molar-refractivity contribution >= 4 is 39.0 Å². The molecule has 0 atom stereocenters. The van der Waals surface area contributed by atoms with Crippen LogP contribution >= 0.6 is 28.0 Å². The minimum absolute atomic E-state index is 0.701. The molecule has 4 heteroatoms. The zero-order valence-corrected chi connectivity index (χ0v) is 11.0. The summed E-state index contributed by atoms with van der Waals surface area (Å²) in [5.41, 5.74) is 1.22. The second-order valence-electron chi connectivity index (χ2n) is 2.00. The molecule has 0 amide bonds. The van der Waals surface area contributed by atoms with Crippen LogP contribution in [0.2, 0.25) is 0 Å². The quantitative estimate of drug-likeness (QED) is 0.769. The van der Waals surface area contributed by atoms with E-state index in [1.54, 1.807) is 0 Å². The van der Waals surface area contributed by atoms with Crippen LogP contribution in [0.5, 0.6) is 0 Å². The predicted octanol–water partition coefficient (Wildman–Crippen LogP) is 2.98. The Morgan fingerprint density at radius 1 is 1.18 bits per heavy atom. The van der Waals surface area contributed by atoms with E-state index >= 15 is 0 Å². The van der Waals surface area contributed by atoms with Gasteiger partial charge in [0.05, 0.1) is 0 Å². The van der Waals surface area contributed by atoms with Crippen LogP contribution in [0.3, 0.4) is 0 Å². The van der Waals surface area contributed by atoms with Crippen LogP contribution in [0.25, 0.3) is 0 Å². The van der Waals surface area contributed by atoms with Crippen molar-refractivity contribution in [2.45, 2.75) is 6.61 Å². The van der Waals surface area contributed by atoms with Crippen molar-refractivity contribution in [1.82, 2.24) is 0 Å². The van der Waals surface area contributed by atoms with Crippen LogP contribution in [0.1, 0.15) is 5.56 Å². The Kier molecular flexibility index (Phi) is 4.75. The molecule has 0 saturated heterocycles. The van der Waals surface area contributed by atoms with Crippen molar-refractivity contribution < 1.29 is 3.76 Å². The Morgan fingerprint density at radius 3 is 2.36 bits per heavy atom. The van der Waals surface area contributed by atoms with Gasteiger partial charge in [-0.1, -0.05) is 0 Å². The molecule has 0 fully saturated rings. The Balaban J connectivity index is 2.39. The molecule has 1 radical (unpaired) electrons. The van der Waals surface area contributed by atoms with Crippen molar-refractivity contribution in [3.05, 3.63) is 35.9 Å². The fourth-order valence-electron chi connectivity index (χ4n) is 0.712. The van der Waals surface area contributed by atoms with Crippen molar-refractivity contribution in [1.29, 1.82) is 0 Å². The zero-order chi connectivity index (χ0) is 8.10. The molecule has 0 bridgehead atoms. The van der Waals surface area contributed by atoms with Gasteiger partial charge < -0.3 is 0 Å². The van der Waals surface area contributed by atoms with Crippen molar-refractivity contribution in [3.8, 4) is 0 Å². The van der Waals surface area contributed by atoms with Gasteiger partial charge in [0.1, 0.15) is 0 Å². The molecule has 59 valence electrons. The van der Waals surface area contributed by atoms with Gasteiger partial charge in [-0.25, -0.2) is 0 Å². The monoisotopic (exact) mass is 339 g/mol. The summed E-state index contributed by atoms with van der Waals surface area (Å²) in [6, 6.07) is 10.1. The summed E-state index contributed by atoms with van der Waals surface area (Å²) in [6.45, 7) is 0.701. The van der Waals surface area contributed by atoms with Gasteiger partial charge in [-0.15, -0.1) is 0 Å². The topological polar surface area (TPSA) is 9.23 Å². The Labute approximate surface area is 84.8 Å². The molecule has 0 aliphatic rings. The molecule has 0 aliphatic carbocycles. The molecular weight excluding hydrogens is 332 g/mol. The van der Waals surface area contributed by atoms with Crippen molar-refractivity contribution in [2.75, 3.05) is 0 Å². The molecule has 0 unspecified atom stereocenters. The van der Waals surface area contributed by atoms with Gasteiger partial charge in [0.15, 0.2) is 0 Å². The molecule has 1 nitrogen and oxygen atoms in total. The molecule has 0 aliphatic heterocycles. The molecule has 0 heterocycles. The zero-order valence-electron chi connectivity index (χ0n) is 5.76. The molecule has 1 aromatic rings. The second-order valence-corrected chi connectivity index (χ2v) is 16.6. The number of rotatable bonds is 3. The third-order valence-electron chi connectivity index (χ3n) is 1.19. The normalized spacial score (nSPS) is 10.5. The molecular formula is C7H7Br2GeO. The van der Waals surface area contributed by atoms with Crippen LogP contribution in [0, 0.1) is 0 Å². The molecule has 0 spiro atoms. The predicted molar refractivity (Wildman–Crippen MR) is 54.8 cm³/mol. The maximum atomic E-state index is 5.43. The van der Waals surface area contributed by atoms with Crippen LogP contribution in [-0.4, -0.2) is 11.0 Å². The third kappa shape index (κ3) is 4.30. The molecule has 11 heavy (non-hydrogen) atoms. The van der Waals surface area contributed by atoms with E-state index in [4.69, 9.17) is 3.76 Å². The number of halogens is 2. The molecule has 0 N–H and O–H groups in total. The van der Waals surface area contributed by atoms with E-state index < -0.39 is 11.0 Å². The Morgan fingerprint density at radius 2 is 1.82 bits per heavy atom. The average molecular weight is 340 g/mol. The summed E-state index contributed by atoms with van der Waals surface area (Å²) in [5, 5.41) is 0. The van der Waals surface area contributed by atoms with Crippen LogP contribution < -0.4 is 0 Å². The average Bonchev–Trinajstić information content (AvgIpc) is 2.03. The van der Waals surface area contributed by atoms with E-state index in [0.717, 1.165) is 0 Å². The van der Waals surface area contributed by atoms with Crippen LogP contribution in [0.15, 0.2) is 30.3 Å². The fraction of sp³-hybridized carbons (Fsp3) is 0.143. The number of hydrogen-bond donors (Lipinski definition) is 0. The first-order valence-corrected chi connectivity index (χ1v) is 13.8. The third-order valence-corrected chi connectivity index (χ3v) is 4.33. The summed E-state index contributed by atoms with van der Waals surface area (Å²) in [7, 11) is 0. The number of hydrogen-bond acceptors (Lipinski definition) is 1. The van der Waals surface area contributed by atoms with E-state index in [2.05, 4.69) is 40.1 Å². The summed E-state index contributed by atoms with van der Waals surface area (Å²) in [5.74, 6) is 0. The fourth-order valence-corrected chi connectivity index (χ4v) is 2.48. The van der Waals surface area contributed by atoms with Gasteiger partial charge in [0, 0.05) is 0 Å². The van der Waals surface area contributed by atoms with E-state index in [9.17, 15) is 0 Å². The van der Waals surface area contributed by atoms with E-state index in [0.29, 0.717) is 6.61 Å². The van der Waals surface area contributed by atoms with Gasteiger partial charge >= 0.3 is 85.3 Å². The van der Waals surface area contributed by atoms with Crippen LogP contribution in [-0.2, 0) is 10.4 Å². The minimum atomic E-state index is -1.45. The van der Waals surface area contributed by atoms with Crippen molar-refractivity contribution in [3.63, 3.8) is 0 Å². The summed E-state index contributed by atoms with van der Waals surface area (Å²) in [4.78, 5) is 0. The van der Waals surface area contributed by atoms with Crippen LogP contribution in [0.4, 0.5) is 0 Å². The SMILES string of the molecule is [Br][Ge]([Br])[O]Cc1ccccc1. The van der Waals surface area contributed by atoms with E-state index in [1.165, 1.54) is 5.56 Å². The second kappa shape index (κ2) is 5.35. The first kappa shape index (κ1) is 9.77. The standard InChI is InChI=1S/C7H7Br2GeO/c8-10(9)11-6-7-4-2-1-3-5-7/h1-5H,6H2. The Hall–Kier alpha value is 0.683. The molecule has 1 rings (SSSR count). The maximum absolute atomic E-state index is 5.43. The van der Waals surface area contributed by atoms with Gasteiger partial charge in [0.2, 0.25) is 0 Å². The van der Waals surface area contributed by atoms with Gasteiger partial charge in [0.25, 0.3) is 0 Å². The summed E-state index contributed by atoms with van der Waals surface area (Å²) < 4.78 is 5.43. The molecule has 1 aromatic carbocycles. The van der Waals surface area contributed by atoms with Gasteiger partial charge in [-0.3, -0.25) is 0 Å². The number of benzene rings is 1. The van der Waals surface area contributed by atoms with Gasteiger partial charge in [-0.2, -0.15) is 0 Å². The van der Waals surface area contributed by atoms with Gasteiger partial charge in [-0.05, 0) is 0 Å².